The second-order valence-corrected chi connectivity index (χ2v) is 5.92. The van der Waals surface area contributed by atoms with Gasteiger partial charge in [-0.1, -0.05) is 24.3 Å². The summed E-state index contributed by atoms with van der Waals surface area (Å²) in [5, 5.41) is 9.53. The molecule has 0 saturated carbocycles. The lowest BCUT2D eigenvalue weighted by Gasteiger charge is -2.06. The Labute approximate surface area is 153 Å². The van der Waals surface area contributed by atoms with Crippen molar-refractivity contribution >= 4 is 28.0 Å². The molecule has 0 radical (unpaired) electrons. The molecule has 0 fully saturated rings. The molecular formula is C20H13N3O4. The predicted molar refractivity (Wildman–Crippen MR) is 96.7 cm³/mol. The second-order valence-electron chi connectivity index (χ2n) is 5.92. The Hall–Kier alpha value is -3.92. The number of aromatic nitrogens is 2. The first kappa shape index (κ1) is 16.5. The highest BCUT2D eigenvalue weighted by Gasteiger charge is 2.15. The lowest BCUT2D eigenvalue weighted by molar-refractivity contribution is -0.145. The van der Waals surface area contributed by atoms with Gasteiger partial charge < -0.3 is 9.15 Å². The van der Waals surface area contributed by atoms with Crippen molar-refractivity contribution in [1.82, 2.24) is 9.55 Å². The average molecular weight is 359 g/mol. The van der Waals surface area contributed by atoms with E-state index < -0.39 is 11.5 Å². The Morgan fingerprint density at radius 2 is 1.96 bits per heavy atom. The highest BCUT2D eigenvalue weighted by Crippen LogP contribution is 2.23. The van der Waals surface area contributed by atoms with E-state index in [0.29, 0.717) is 16.7 Å². The first-order chi connectivity index (χ1) is 13.2. The van der Waals surface area contributed by atoms with E-state index >= 15 is 0 Å². The largest absolute Gasteiger partial charge is 0.459 e. The van der Waals surface area contributed by atoms with Crippen LogP contribution in [-0.2, 0) is 22.7 Å². The van der Waals surface area contributed by atoms with Crippen LogP contribution >= 0.6 is 0 Å². The number of furan rings is 1. The number of fused-ring (bicyclic) bond motifs is 3. The fraction of sp³-hybridized carbons (Fsp3) is 0.100. The number of rotatable bonds is 4. The molecular weight excluding hydrogens is 346 g/mol. The minimum Gasteiger partial charge on any atom is -0.459 e. The van der Waals surface area contributed by atoms with E-state index in [4.69, 9.17) is 14.4 Å². The molecule has 4 rings (SSSR count). The molecule has 2 aromatic heterocycles. The number of carbonyl (C=O) groups excluding carboxylic acids is 1. The molecule has 2 heterocycles. The summed E-state index contributed by atoms with van der Waals surface area (Å²) < 4.78 is 11.9. The molecule has 27 heavy (non-hydrogen) atoms. The van der Waals surface area contributed by atoms with Crippen molar-refractivity contribution in [3.05, 3.63) is 76.3 Å². The van der Waals surface area contributed by atoms with Gasteiger partial charge in [0.25, 0.3) is 5.56 Å². The van der Waals surface area contributed by atoms with E-state index in [1.54, 1.807) is 30.3 Å². The maximum absolute atomic E-state index is 12.6. The summed E-state index contributed by atoms with van der Waals surface area (Å²) in [6.45, 7) is -0.214. The van der Waals surface area contributed by atoms with Gasteiger partial charge in [0.05, 0.1) is 18.0 Å². The first-order valence-corrected chi connectivity index (χ1v) is 8.17. The van der Waals surface area contributed by atoms with Crippen LogP contribution in [0.1, 0.15) is 11.1 Å². The number of benzene rings is 2. The standard InChI is InChI=1S/C20H13N3O4/c21-9-13-5-7-14(8-6-13)11-26-17(24)10-23-12-22-18-15-3-1-2-4-16(15)27-19(18)20(23)25/h1-8,12H,10-11H2. The van der Waals surface area contributed by atoms with Crippen LogP contribution in [0, 0.1) is 11.3 Å². The topological polar surface area (TPSA) is 98.1 Å². The van der Waals surface area contributed by atoms with E-state index in [2.05, 4.69) is 4.98 Å². The zero-order valence-corrected chi connectivity index (χ0v) is 14.1. The van der Waals surface area contributed by atoms with Gasteiger partial charge in [0.15, 0.2) is 0 Å². The average Bonchev–Trinajstić information content (AvgIpc) is 3.08. The van der Waals surface area contributed by atoms with Gasteiger partial charge in [-0.05, 0) is 29.8 Å². The summed E-state index contributed by atoms with van der Waals surface area (Å²) in [4.78, 5) is 28.9. The molecule has 2 aromatic carbocycles. The Bertz CT molecular complexity index is 1250. The van der Waals surface area contributed by atoms with Gasteiger partial charge in [-0.3, -0.25) is 14.2 Å². The molecule has 4 aromatic rings. The van der Waals surface area contributed by atoms with Gasteiger partial charge in [0, 0.05) is 5.39 Å². The van der Waals surface area contributed by atoms with Crippen LogP contribution < -0.4 is 5.56 Å². The second kappa shape index (κ2) is 6.77. The Morgan fingerprint density at radius 3 is 2.74 bits per heavy atom. The van der Waals surface area contributed by atoms with Gasteiger partial charge in [-0.25, -0.2) is 4.98 Å². The summed E-state index contributed by atoms with van der Waals surface area (Å²) in [7, 11) is 0. The van der Waals surface area contributed by atoms with Gasteiger partial charge in [-0.15, -0.1) is 0 Å². The Kier molecular flexibility index (Phi) is 4.15. The lowest BCUT2D eigenvalue weighted by atomic mass is 10.2. The van der Waals surface area contributed by atoms with Crippen molar-refractivity contribution < 1.29 is 13.9 Å². The third-order valence-electron chi connectivity index (χ3n) is 4.13. The number of esters is 1. The van der Waals surface area contributed by atoms with Crippen molar-refractivity contribution in [2.24, 2.45) is 0 Å². The van der Waals surface area contributed by atoms with E-state index in [9.17, 15) is 9.59 Å². The van der Waals surface area contributed by atoms with Gasteiger partial charge in [-0.2, -0.15) is 5.26 Å². The zero-order valence-electron chi connectivity index (χ0n) is 14.1. The maximum Gasteiger partial charge on any atom is 0.326 e. The van der Waals surface area contributed by atoms with Crippen molar-refractivity contribution in [3.8, 4) is 6.07 Å². The van der Waals surface area contributed by atoms with E-state index in [1.807, 2.05) is 24.3 Å². The van der Waals surface area contributed by atoms with E-state index in [0.717, 1.165) is 15.5 Å². The molecule has 7 nitrogen and oxygen atoms in total. The quantitative estimate of drug-likeness (QED) is 0.520. The predicted octanol–water partition coefficient (Wildman–Crippen LogP) is 2.76. The highest BCUT2D eigenvalue weighted by atomic mass is 16.5. The van der Waals surface area contributed by atoms with Crippen LogP contribution in [0.3, 0.4) is 0 Å². The number of nitrogens with zero attached hydrogens (tertiary/aromatic N) is 3. The third kappa shape index (κ3) is 3.16. The summed E-state index contributed by atoms with van der Waals surface area (Å²) in [5.41, 5.74) is 1.99. The molecule has 7 heteroatoms. The number of carbonyl (C=O) groups is 1. The number of hydrogen-bond donors (Lipinski definition) is 0. The van der Waals surface area contributed by atoms with Crippen LogP contribution in [0.5, 0.6) is 0 Å². The number of para-hydroxylation sites is 1. The number of nitriles is 1. The van der Waals surface area contributed by atoms with Gasteiger partial charge in [0.2, 0.25) is 5.58 Å². The summed E-state index contributed by atoms with van der Waals surface area (Å²) in [5.74, 6) is -0.571. The van der Waals surface area contributed by atoms with Gasteiger partial charge in [0.1, 0.15) is 24.3 Å². The minimum absolute atomic E-state index is 0.0552. The third-order valence-corrected chi connectivity index (χ3v) is 4.13. The lowest BCUT2D eigenvalue weighted by Crippen LogP contribution is -2.25. The van der Waals surface area contributed by atoms with Crippen LogP contribution in [0.15, 0.2) is 64.1 Å². The Balaban J connectivity index is 1.51. The van der Waals surface area contributed by atoms with E-state index in [1.165, 1.54) is 6.33 Å². The molecule has 0 spiro atoms. The van der Waals surface area contributed by atoms with Gasteiger partial charge >= 0.3 is 5.97 Å². The fourth-order valence-corrected chi connectivity index (χ4v) is 2.75. The van der Waals surface area contributed by atoms with E-state index in [-0.39, 0.29) is 18.7 Å². The summed E-state index contributed by atoms with van der Waals surface area (Å²) in [6, 6.07) is 16.0. The maximum atomic E-state index is 12.6. The minimum atomic E-state index is -0.571. The highest BCUT2D eigenvalue weighted by molar-refractivity contribution is 6.01. The molecule has 0 saturated heterocycles. The number of ether oxygens (including phenoxy) is 1. The molecule has 132 valence electrons. The SMILES string of the molecule is N#Cc1ccc(COC(=O)Cn2cnc3c(oc4ccccc43)c2=O)cc1. The summed E-state index contributed by atoms with van der Waals surface area (Å²) in [6.07, 6.45) is 1.32. The first-order valence-electron chi connectivity index (χ1n) is 8.17. The van der Waals surface area contributed by atoms with Crippen molar-refractivity contribution in [2.75, 3.05) is 0 Å². The smallest absolute Gasteiger partial charge is 0.326 e. The molecule has 0 bridgehead atoms. The van der Waals surface area contributed by atoms with Crippen LogP contribution in [0.2, 0.25) is 0 Å². The molecule has 0 N–H and O–H groups in total. The fourth-order valence-electron chi connectivity index (χ4n) is 2.75. The van der Waals surface area contributed by atoms with Crippen molar-refractivity contribution in [3.63, 3.8) is 0 Å². The van der Waals surface area contributed by atoms with Crippen molar-refractivity contribution in [2.45, 2.75) is 13.2 Å². The normalized spacial score (nSPS) is 10.8. The molecule has 0 aliphatic rings. The molecule has 0 aliphatic carbocycles. The molecule has 0 atom stereocenters. The summed E-state index contributed by atoms with van der Waals surface area (Å²) >= 11 is 0. The molecule has 0 aliphatic heterocycles. The molecule has 0 amide bonds. The molecule has 0 unspecified atom stereocenters. The Morgan fingerprint density at radius 1 is 1.19 bits per heavy atom. The number of hydrogen-bond acceptors (Lipinski definition) is 6. The van der Waals surface area contributed by atoms with Crippen LogP contribution in [-0.4, -0.2) is 15.5 Å². The monoisotopic (exact) mass is 359 g/mol. The zero-order chi connectivity index (χ0) is 18.8. The van der Waals surface area contributed by atoms with Crippen LogP contribution in [0.25, 0.3) is 22.1 Å². The van der Waals surface area contributed by atoms with Crippen molar-refractivity contribution in [1.29, 1.82) is 5.26 Å². The van der Waals surface area contributed by atoms with Crippen LogP contribution in [0.4, 0.5) is 0 Å².